The summed E-state index contributed by atoms with van der Waals surface area (Å²) in [5, 5.41) is 0.836. The van der Waals surface area contributed by atoms with E-state index in [2.05, 4.69) is 0 Å². The van der Waals surface area contributed by atoms with E-state index in [1.165, 1.54) is 6.07 Å². The van der Waals surface area contributed by atoms with Gasteiger partial charge in [-0.2, -0.15) is 0 Å². The second kappa shape index (κ2) is 7.86. The molecule has 0 unspecified atom stereocenters. The van der Waals surface area contributed by atoms with E-state index in [1.807, 2.05) is 43.3 Å². The molecule has 144 valence electrons. The van der Waals surface area contributed by atoms with E-state index < -0.39 is 11.7 Å². The van der Waals surface area contributed by atoms with Gasteiger partial charge in [0, 0.05) is 36.2 Å². The Hall–Kier alpha value is -3.12. The lowest BCUT2D eigenvalue weighted by Gasteiger charge is -2.30. The number of carbonyl (C=O) groups excluding carboxylic acids is 1. The van der Waals surface area contributed by atoms with Crippen molar-refractivity contribution in [2.24, 2.45) is 0 Å². The zero-order valence-corrected chi connectivity index (χ0v) is 15.6. The first-order valence-corrected chi connectivity index (χ1v) is 9.24. The van der Waals surface area contributed by atoms with Crippen molar-refractivity contribution in [3.8, 4) is 5.75 Å². The van der Waals surface area contributed by atoms with Crippen LogP contribution >= 0.6 is 0 Å². The van der Waals surface area contributed by atoms with Crippen molar-refractivity contribution in [3.63, 3.8) is 0 Å². The molecule has 0 N–H and O–H groups in total. The number of amides is 1. The van der Waals surface area contributed by atoms with Crippen LogP contribution in [0, 0.1) is 6.92 Å². The van der Waals surface area contributed by atoms with Crippen LogP contribution < -0.4 is 10.4 Å². The molecule has 0 aliphatic carbocycles. The Morgan fingerprint density at radius 2 is 1.82 bits per heavy atom. The number of morpholine rings is 1. The number of fused-ring (bicyclic) bond motifs is 1. The van der Waals surface area contributed by atoms with Gasteiger partial charge in [-0.05, 0) is 24.6 Å². The lowest BCUT2D eigenvalue weighted by molar-refractivity contribution is -0.143. The molecule has 6 nitrogen and oxygen atoms in total. The van der Waals surface area contributed by atoms with Crippen molar-refractivity contribution in [1.29, 1.82) is 0 Å². The summed E-state index contributed by atoms with van der Waals surface area (Å²) in [6, 6.07) is 16.1. The summed E-state index contributed by atoms with van der Waals surface area (Å²) >= 11 is 0. The third-order valence-electron chi connectivity index (χ3n) is 4.83. The van der Waals surface area contributed by atoms with Crippen LogP contribution in [0.3, 0.4) is 0 Å². The molecule has 1 aromatic heterocycles. The van der Waals surface area contributed by atoms with Crippen LogP contribution in [0.15, 0.2) is 63.8 Å². The Bertz CT molecular complexity index is 1040. The summed E-state index contributed by atoms with van der Waals surface area (Å²) in [6.45, 7) is 3.98. The van der Waals surface area contributed by atoms with Crippen molar-refractivity contribution in [1.82, 2.24) is 4.90 Å². The molecule has 4 rings (SSSR count). The zero-order valence-electron chi connectivity index (χ0n) is 15.6. The predicted molar refractivity (Wildman–Crippen MR) is 104 cm³/mol. The summed E-state index contributed by atoms with van der Waals surface area (Å²) < 4.78 is 16.8. The van der Waals surface area contributed by atoms with E-state index >= 15 is 0 Å². The largest absolute Gasteiger partial charge is 0.476 e. The Kier molecular flexibility index (Phi) is 5.12. The maximum Gasteiger partial charge on any atom is 0.336 e. The smallest absolute Gasteiger partial charge is 0.336 e. The molecule has 1 amide bonds. The first-order valence-electron chi connectivity index (χ1n) is 9.24. The summed E-state index contributed by atoms with van der Waals surface area (Å²) in [5.41, 5.74) is 1.63. The highest BCUT2D eigenvalue weighted by molar-refractivity contribution is 5.84. The molecular formula is C22H21NO5. The van der Waals surface area contributed by atoms with Crippen LogP contribution in [0.5, 0.6) is 5.75 Å². The summed E-state index contributed by atoms with van der Waals surface area (Å²) in [5.74, 6) is 0.358. The lowest BCUT2D eigenvalue weighted by atomic mass is 10.1. The van der Waals surface area contributed by atoms with Crippen molar-refractivity contribution in [2.75, 3.05) is 26.3 Å². The Balaban J connectivity index is 1.68. The number of hydrogen-bond donors (Lipinski definition) is 0. The number of benzene rings is 2. The third-order valence-corrected chi connectivity index (χ3v) is 4.83. The van der Waals surface area contributed by atoms with Crippen LogP contribution in [0.25, 0.3) is 11.0 Å². The zero-order chi connectivity index (χ0) is 19.5. The molecule has 28 heavy (non-hydrogen) atoms. The number of nitrogens with zero attached hydrogens (tertiary/aromatic N) is 1. The van der Waals surface area contributed by atoms with Gasteiger partial charge in [0.2, 0.25) is 6.10 Å². The van der Waals surface area contributed by atoms with Crippen molar-refractivity contribution < 1.29 is 18.7 Å². The first kappa shape index (κ1) is 18.3. The first-order chi connectivity index (χ1) is 13.6. The predicted octanol–water partition coefficient (Wildman–Crippen LogP) is 3.08. The molecule has 1 saturated heterocycles. The minimum atomic E-state index is -0.784. The maximum absolute atomic E-state index is 13.1. The van der Waals surface area contributed by atoms with E-state index in [0.29, 0.717) is 37.6 Å². The Morgan fingerprint density at radius 3 is 2.57 bits per heavy atom. The van der Waals surface area contributed by atoms with Crippen molar-refractivity contribution in [3.05, 3.63) is 76.1 Å². The van der Waals surface area contributed by atoms with E-state index in [0.717, 1.165) is 16.5 Å². The lowest BCUT2D eigenvalue weighted by Crippen LogP contribution is -2.44. The van der Waals surface area contributed by atoms with Crippen LogP contribution in [0.2, 0.25) is 0 Å². The van der Waals surface area contributed by atoms with Crippen LogP contribution in [-0.4, -0.2) is 37.1 Å². The average molecular weight is 379 g/mol. The standard InChI is InChI=1S/C22H21NO5/c1-15-13-20(24)28-19-14-17(7-8-18(15)19)27-21(16-5-3-2-4-6-16)22(25)23-9-11-26-12-10-23/h2-8,13-14,21H,9-12H2,1H3/t21-/m1/s1. The minimum absolute atomic E-state index is 0.111. The second-order valence-electron chi connectivity index (χ2n) is 6.75. The van der Waals surface area contributed by atoms with Gasteiger partial charge in [-0.15, -0.1) is 0 Å². The van der Waals surface area contributed by atoms with Crippen molar-refractivity contribution >= 4 is 16.9 Å². The van der Waals surface area contributed by atoms with Crippen molar-refractivity contribution in [2.45, 2.75) is 13.0 Å². The number of ether oxygens (including phenoxy) is 2. The molecule has 0 spiro atoms. The van der Waals surface area contributed by atoms with E-state index in [4.69, 9.17) is 13.9 Å². The molecule has 1 fully saturated rings. The molecular weight excluding hydrogens is 358 g/mol. The SMILES string of the molecule is Cc1cc(=O)oc2cc(O[C@@H](C(=O)N3CCOCC3)c3ccccc3)ccc12. The van der Waals surface area contributed by atoms with Gasteiger partial charge >= 0.3 is 5.63 Å². The molecule has 0 saturated carbocycles. The normalized spacial score (nSPS) is 15.4. The summed E-state index contributed by atoms with van der Waals surface area (Å²) in [4.78, 5) is 26.6. The van der Waals surface area contributed by atoms with Gasteiger partial charge in [0.05, 0.1) is 13.2 Å². The number of carbonyl (C=O) groups is 1. The summed E-state index contributed by atoms with van der Waals surface area (Å²) in [7, 11) is 0. The summed E-state index contributed by atoms with van der Waals surface area (Å²) in [6.07, 6.45) is -0.784. The number of aryl methyl sites for hydroxylation is 1. The monoisotopic (exact) mass is 379 g/mol. The highest BCUT2D eigenvalue weighted by Gasteiger charge is 2.29. The van der Waals surface area contributed by atoms with E-state index in [1.54, 1.807) is 17.0 Å². The quantitative estimate of drug-likeness (QED) is 0.652. The molecule has 2 aromatic carbocycles. The highest BCUT2D eigenvalue weighted by atomic mass is 16.5. The molecule has 6 heteroatoms. The fourth-order valence-electron chi connectivity index (χ4n) is 3.35. The highest BCUT2D eigenvalue weighted by Crippen LogP contribution is 2.28. The van der Waals surface area contributed by atoms with Crippen LogP contribution in [0.1, 0.15) is 17.2 Å². The molecule has 0 radical (unpaired) electrons. The average Bonchev–Trinajstić information content (AvgIpc) is 2.72. The molecule has 1 aliphatic heterocycles. The van der Waals surface area contributed by atoms with Gasteiger partial charge in [0.15, 0.2) is 0 Å². The topological polar surface area (TPSA) is 69.0 Å². The molecule has 2 heterocycles. The number of rotatable bonds is 4. The van der Waals surface area contributed by atoms with Gasteiger partial charge in [-0.3, -0.25) is 4.79 Å². The van der Waals surface area contributed by atoms with Gasteiger partial charge in [-0.25, -0.2) is 4.79 Å². The van der Waals surface area contributed by atoms with Crippen LogP contribution in [0.4, 0.5) is 0 Å². The van der Waals surface area contributed by atoms with E-state index in [-0.39, 0.29) is 5.91 Å². The van der Waals surface area contributed by atoms with Gasteiger partial charge in [0.1, 0.15) is 11.3 Å². The van der Waals surface area contributed by atoms with Gasteiger partial charge in [0.25, 0.3) is 5.91 Å². The van der Waals surface area contributed by atoms with Gasteiger partial charge < -0.3 is 18.8 Å². The van der Waals surface area contributed by atoms with Crippen LogP contribution in [-0.2, 0) is 9.53 Å². The fourth-order valence-corrected chi connectivity index (χ4v) is 3.35. The van der Waals surface area contributed by atoms with Gasteiger partial charge in [-0.1, -0.05) is 30.3 Å². The minimum Gasteiger partial charge on any atom is -0.476 e. The Morgan fingerprint density at radius 1 is 1.07 bits per heavy atom. The molecule has 0 bridgehead atoms. The molecule has 1 aliphatic rings. The molecule has 1 atom stereocenters. The number of hydrogen-bond acceptors (Lipinski definition) is 5. The fraction of sp³-hybridized carbons (Fsp3) is 0.273. The molecule has 3 aromatic rings. The van der Waals surface area contributed by atoms with E-state index in [9.17, 15) is 9.59 Å². The Labute approximate surface area is 162 Å². The second-order valence-corrected chi connectivity index (χ2v) is 6.75. The third kappa shape index (κ3) is 3.77. The maximum atomic E-state index is 13.1.